The standard InChI is InChI=1S/C22H25ClFN3O4S/c23-17-9-11-18(12-10-17)32(30,31)26-13-15-5-7-16(8-6-15)22(29)25-14-21(28)27-20-4-2-1-3-19(20)24/h1-4,9-12,15-16,26H,5-8,13-14H2,(H,25,29)(H,27,28). The van der Waals surface area contributed by atoms with Crippen LogP contribution in [0.25, 0.3) is 0 Å². The molecule has 32 heavy (non-hydrogen) atoms. The van der Waals surface area contributed by atoms with Gasteiger partial charge in [-0.3, -0.25) is 9.59 Å². The minimum Gasteiger partial charge on any atom is -0.347 e. The maximum atomic E-state index is 13.6. The van der Waals surface area contributed by atoms with E-state index < -0.39 is 21.7 Å². The fraction of sp³-hybridized carbons (Fsp3) is 0.364. The summed E-state index contributed by atoms with van der Waals surface area (Å²) in [6, 6.07) is 11.8. The number of halogens is 2. The maximum Gasteiger partial charge on any atom is 0.243 e. The van der Waals surface area contributed by atoms with Crippen LogP contribution in [0.5, 0.6) is 0 Å². The second-order valence-electron chi connectivity index (χ2n) is 7.77. The van der Waals surface area contributed by atoms with Gasteiger partial charge in [-0.15, -0.1) is 0 Å². The van der Waals surface area contributed by atoms with Crippen molar-refractivity contribution in [1.82, 2.24) is 10.0 Å². The number of para-hydroxylation sites is 1. The van der Waals surface area contributed by atoms with Crippen molar-refractivity contribution >= 4 is 39.1 Å². The summed E-state index contributed by atoms with van der Waals surface area (Å²) in [4.78, 5) is 24.5. The summed E-state index contributed by atoms with van der Waals surface area (Å²) in [6.07, 6.45) is 2.60. The first-order valence-electron chi connectivity index (χ1n) is 10.3. The van der Waals surface area contributed by atoms with E-state index in [1.807, 2.05) is 0 Å². The molecule has 2 aromatic carbocycles. The van der Waals surface area contributed by atoms with Crippen LogP contribution in [0.3, 0.4) is 0 Å². The Morgan fingerprint density at radius 3 is 2.31 bits per heavy atom. The van der Waals surface area contributed by atoms with Crippen LogP contribution in [-0.4, -0.2) is 33.3 Å². The molecule has 10 heteroatoms. The maximum absolute atomic E-state index is 13.6. The van der Waals surface area contributed by atoms with Crippen molar-refractivity contribution in [2.75, 3.05) is 18.4 Å². The minimum absolute atomic E-state index is 0.0632. The van der Waals surface area contributed by atoms with E-state index in [1.54, 1.807) is 6.07 Å². The Balaban J connectivity index is 1.39. The zero-order valence-electron chi connectivity index (χ0n) is 17.3. The number of carbonyl (C=O) groups excluding carboxylic acids is 2. The van der Waals surface area contributed by atoms with Gasteiger partial charge in [-0.25, -0.2) is 17.5 Å². The summed E-state index contributed by atoms with van der Waals surface area (Å²) in [5.41, 5.74) is 0.0632. The van der Waals surface area contributed by atoms with Crippen molar-refractivity contribution < 1.29 is 22.4 Å². The molecule has 7 nitrogen and oxygen atoms in total. The van der Waals surface area contributed by atoms with Gasteiger partial charge in [0, 0.05) is 17.5 Å². The highest BCUT2D eigenvalue weighted by Crippen LogP contribution is 2.29. The number of amides is 2. The summed E-state index contributed by atoms with van der Waals surface area (Å²) in [5, 5.41) is 5.48. The molecule has 0 radical (unpaired) electrons. The highest BCUT2D eigenvalue weighted by Gasteiger charge is 2.27. The molecule has 0 atom stereocenters. The van der Waals surface area contributed by atoms with Crippen molar-refractivity contribution in [1.29, 1.82) is 0 Å². The zero-order chi connectivity index (χ0) is 23.1. The van der Waals surface area contributed by atoms with Crippen LogP contribution in [0.4, 0.5) is 10.1 Å². The van der Waals surface area contributed by atoms with Crippen LogP contribution in [0.2, 0.25) is 5.02 Å². The van der Waals surface area contributed by atoms with Gasteiger partial charge >= 0.3 is 0 Å². The van der Waals surface area contributed by atoms with E-state index in [2.05, 4.69) is 15.4 Å². The second kappa shape index (κ2) is 10.9. The van der Waals surface area contributed by atoms with Crippen molar-refractivity contribution in [3.05, 3.63) is 59.4 Å². The summed E-state index contributed by atoms with van der Waals surface area (Å²) in [7, 11) is -3.61. The molecule has 0 aromatic heterocycles. The number of benzene rings is 2. The predicted molar refractivity (Wildman–Crippen MR) is 120 cm³/mol. The quantitative estimate of drug-likeness (QED) is 0.538. The molecule has 0 saturated heterocycles. The number of hydrogen-bond donors (Lipinski definition) is 3. The average Bonchev–Trinajstić information content (AvgIpc) is 2.78. The van der Waals surface area contributed by atoms with Gasteiger partial charge in [-0.2, -0.15) is 0 Å². The van der Waals surface area contributed by atoms with E-state index >= 15 is 0 Å². The highest BCUT2D eigenvalue weighted by molar-refractivity contribution is 7.89. The smallest absolute Gasteiger partial charge is 0.243 e. The molecule has 0 unspecified atom stereocenters. The summed E-state index contributed by atoms with van der Waals surface area (Å²) >= 11 is 5.80. The van der Waals surface area contributed by atoms with E-state index in [9.17, 15) is 22.4 Å². The fourth-order valence-corrected chi connectivity index (χ4v) is 4.86. The van der Waals surface area contributed by atoms with Crippen molar-refractivity contribution in [2.24, 2.45) is 11.8 Å². The van der Waals surface area contributed by atoms with Gasteiger partial charge in [0.25, 0.3) is 0 Å². The van der Waals surface area contributed by atoms with Gasteiger partial charge < -0.3 is 10.6 Å². The Morgan fingerprint density at radius 2 is 1.66 bits per heavy atom. The molecule has 1 saturated carbocycles. The molecular weight excluding hydrogens is 457 g/mol. The number of carbonyl (C=O) groups is 2. The molecule has 3 N–H and O–H groups in total. The topological polar surface area (TPSA) is 104 Å². The van der Waals surface area contributed by atoms with Crippen LogP contribution in [-0.2, 0) is 19.6 Å². The SMILES string of the molecule is O=C(CNC(=O)C1CCC(CNS(=O)(=O)c2ccc(Cl)cc2)CC1)Nc1ccccc1F. The van der Waals surface area contributed by atoms with Gasteiger partial charge in [-0.05, 0) is 68.0 Å². The lowest BCUT2D eigenvalue weighted by molar-refractivity contribution is -0.128. The summed E-state index contributed by atoms with van der Waals surface area (Å²) < 4.78 is 41.0. The Bertz CT molecular complexity index is 1060. The molecule has 0 bridgehead atoms. The fourth-order valence-electron chi connectivity index (χ4n) is 3.62. The molecule has 2 amide bonds. The normalized spacial score (nSPS) is 18.7. The Hall–Kier alpha value is -2.49. The van der Waals surface area contributed by atoms with E-state index in [0.717, 1.165) is 0 Å². The number of nitrogens with one attached hydrogen (secondary N) is 3. The Labute approximate surface area is 191 Å². The van der Waals surface area contributed by atoms with Crippen LogP contribution in [0.15, 0.2) is 53.4 Å². The third-order valence-corrected chi connectivity index (χ3v) is 7.17. The van der Waals surface area contributed by atoms with Gasteiger partial charge in [0.2, 0.25) is 21.8 Å². The molecular formula is C22H25ClFN3O4S. The van der Waals surface area contributed by atoms with Gasteiger partial charge in [0.15, 0.2) is 0 Å². The van der Waals surface area contributed by atoms with Crippen LogP contribution in [0, 0.1) is 17.7 Å². The van der Waals surface area contributed by atoms with Crippen LogP contribution >= 0.6 is 11.6 Å². The molecule has 172 valence electrons. The first-order chi connectivity index (χ1) is 15.2. The third kappa shape index (κ3) is 6.75. The lowest BCUT2D eigenvalue weighted by Gasteiger charge is -2.27. The van der Waals surface area contributed by atoms with Crippen LogP contribution in [0.1, 0.15) is 25.7 Å². The van der Waals surface area contributed by atoms with Gasteiger partial charge in [0.05, 0.1) is 17.1 Å². The van der Waals surface area contributed by atoms with E-state index in [1.165, 1.54) is 42.5 Å². The highest BCUT2D eigenvalue weighted by atomic mass is 35.5. The lowest BCUT2D eigenvalue weighted by atomic mass is 9.81. The molecule has 0 aliphatic heterocycles. The third-order valence-electron chi connectivity index (χ3n) is 5.47. The summed E-state index contributed by atoms with van der Waals surface area (Å²) in [5.74, 6) is -1.38. The molecule has 0 heterocycles. The van der Waals surface area contributed by atoms with Gasteiger partial charge in [-0.1, -0.05) is 23.7 Å². The lowest BCUT2D eigenvalue weighted by Crippen LogP contribution is -2.39. The Kier molecular flexibility index (Phi) is 8.22. The largest absolute Gasteiger partial charge is 0.347 e. The van der Waals surface area contributed by atoms with Crippen molar-refractivity contribution in [3.63, 3.8) is 0 Å². The first kappa shape index (κ1) is 24.2. The minimum atomic E-state index is -3.61. The Morgan fingerprint density at radius 1 is 1.00 bits per heavy atom. The molecule has 1 aliphatic rings. The molecule has 3 rings (SSSR count). The summed E-state index contributed by atoms with van der Waals surface area (Å²) in [6.45, 7) is 0.0539. The van der Waals surface area contributed by atoms with E-state index in [0.29, 0.717) is 37.3 Å². The molecule has 1 fully saturated rings. The van der Waals surface area contributed by atoms with Gasteiger partial charge in [0.1, 0.15) is 5.82 Å². The number of hydrogen-bond acceptors (Lipinski definition) is 4. The monoisotopic (exact) mass is 481 g/mol. The van der Waals surface area contributed by atoms with E-state index in [-0.39, 0.29) is 34.9 Å². The molecule has 2 aromatic rings. The second-order valence-corrected chi connectivity index (χ2v) is 9.97. The van der Waals surface area contributed by atoms with Crippen molar-refractivity contribution in [3.8, 4) is 0 Å². The predicted octanol–water partition coefficient (Wildman–Crippen LogP) is 3.32. The zero-order valence-corrected chi connectivity index (χ0v) is 18.9. The van der Waals surface area contributed by atoms with E-state index in [4.69, 9.17) is 11.6 Å². The average molecular weight is 482 g/mol. The molecule has 0 spiro atoms. The van der Waals surface area contributed by atoms with Crippen LogP contribution < -0.4 is 15.4 Å². The van der Waals surface area contributed by atoms with Crippen molar-refractivity contribution in [2.45, 2.75) is 30.6 Å². The molecule has 1 aliphatic carbocycles. The number of rotatable bonds is 8. The number of anilines is 1. The number of sulfonamides is 1. The first-order valence-corrected chi connectivity index (χ1v) is 12.2.